The lowest BCUT2D eigenvalue weighted by Gasteiger charge is -2.28. The van der Waals surface area contributed by atoms with Crippen molar-refractivity contribution in [2.24, 2.45) is 5.92 Å². The van der Waals surface area contributed by atoms with Gasteiger partial charge >= 0.3 is 0 Å². The minimum Gasteiger partial charge on any atom is -0.457 e. The number of hydrogen-bond donors (Lipinski definition) is 5. The number of rotatable bonds is 7. The van der Waals surface area contributed by atoms with Gasteiger partial charge in [-0.1, -0.05) is 68.4 Å². The number of nitrogens with one attached hydrogen (secondary N) is 5. The Hall–Kier alpha value is -5.72. The van der Waals surface area contributed by atoms with E-state index in [-0.39, 0.29) is 31.5 Å². The lowest BCUT2D eigenvalue weighted by Crippen LogP contribution is -2.59. The molecule has 0 bridgehead atoms. The largest absolute Gasteiger partial charge is 0.457 e. The Morgan fingerprint density at radius 3 is 2.20 bits per heavy atom. The third-order valence-corrected chi connectivity index (χ3v) is 8.34. The van der Waals surface area contributed by atoms with Crippen LogP contribution in [0, 0.1) is 5.92 Å². The number of amides is 6. The van der Waals surface area contributed by atoms with E-state index in [1.165, 1.54) is 18.9 Å². The number of carbonyl (C=O) groups is 6. The van der Waals surface area contributed by atoms with Crippen LogP contribution < -0.4 is 31.3 Å². The van der Waals surface area contributed by atoms with E-state index >= 15 is 0 Å². The molecular weight excluding hydrogens is 652 g/mol. The molecule has 1 saturated heterocycles. The molecule has 4 rings (SSSR count). The van der Waals surface area contributed by atoms with Gasteiger partial charge in [-0.15, -0.1) is 0 Å². The molecule has 1 heterocycles. The van der Waals surface area contributed by atoms with Gasteiger partial charge in [0, 0.05) is 25.6 Å². The maximum atomic E-state index is 13.7. The Morgan fingerprint density at radius 2 is 1.51 bits per heavy atom. The van der Waals surface area contributed by atoms with Crippen LogP contribution in [-0.2, 0) is 30.4 Å². The number of carbonyl (C=O) groups excluding carboxylic acids is 6. The summed E-state index contributed by atoms with van der Waals surface area (Å²) in [5, 5.41) is 13.7. The van der Waals surface area contributed by atoms with Crippen LogP contribution in [0.3, 0.4) is 0 Å². The van der Waals surface area contributed by atoms with E-state index in [1.54, 1.807) is 50.2 Å². The van der Waals surface area contributed by atoms with Gasteiger partial charge in [-0.3, -0.25) is 28.8 Å². The number of benzene rings is 3. The van der Waals surface area contributed by atoms with Crippen LogP contribution in [0.2, 0.25) is 0 Å². The SMILES string of the molecule is CC(C)[C@H]1NC(=O)[C@@H](NC(=O)c2cccc(Oc3ccccc3)c2)CCCNC(=O)CN(C)C(=O)[C@H](Cc2ccccc2)NC(=O)[C@@H](C)NC1=O. The maximum Gasteiger partial charge on any atom is 0.252 e. The van der Waals surface area contributed by atoms with Gasteiger partial charge in [-0.25, -0.2) is 0 Å². The first-order chi connectivity index (χ1) is 24.4. The third kappa shape index (κ3) is 11.4. The molecule has 0 saturated carbocycles. The molecule has 6 amide bonds. The minimum atomic E-state index is -1.08. The summed E-state index contributed by atoms with van der Waals surface area (Å²) in [5.74, 6) is -2.65. The Balaban J connectivity index is 1.53. The van der Waals surface area contributed by atoms with Gasteiger partial charge in [-0.05, 0) is 61.6 Å². The first kappa shape index (κ1) is 38.1. The average molecular weight is 699 g/mol. The van der Waals surface area contributed by atoms with Crippen molar-refractivity contribution in [1.29, 1.82) is 0 Å². The zero-order chi connectivity index (χ0) is 36.9. The van der Waals surface area contributed by atoms with Crippen LogP contribution >= 0.6 is 0 Å². The topological polar surface area (TPSA) is 175 Å². The highest BCUT2D eigenvalue weighted by atomic mass is 16.5. The van der Waals surface area contributed by atoms with Gasteiger partial charge in [0.2, 0.25) is 29.5 Å². The number of para-hydroxylation sites is 1. The molecule has 1 fully saturated rings. The highest BCUT2D eigenvalue weighted by Gasteiger charge is 2.32. The highest BCUT2D eigenvalue weighted by Crippen LogP contribution is 2.22. The molecule has 3 aromatic carbocycles. The fourth-order valence-electron chi connectivity index (χ4n) is 5.49. The van der Waals surface area contributed by atoms with Gasteiger partial charge in [0.05, 0.1) is 6.54 Å². The summed E-state index contributed by atoms with van der Waals surface area (Å²) in [6.45, 7) is 4.84. The van der Waals surface area contributed by atoms with E-state index in [1.807, 2.05) is 48.5 Å². The summed E-state index contributed by atoms with van der Waals surface area (Å²) in [6.07, 6.45) is 0.582. The summed E-state index contributed by atoms with van der Waals surface area (Å²) in [4.78, 5) is 81.5. The molecule has 5 N–H and O–H groups in total. The first-order valence-electron chi connectivity index (χ1n) is 17.0. The van der Waals surface area contributed by atoms with Gasteiger partial charge in [0.1, 0.15) is 35.7 Å². The summed E-state index contributed by atoms with van der Waals surface area (Å²) < 4.78 is 5.86. The average Bonchev–Trinajstić information content (AvgIpc) is 3.11. The fraction of sp³-hybridized carbons (Fsp3) is 0.368. The minimum absolute atomic E-state index is 0.122. The number of ether oxygens (including phenoxy) is 1. The quantitative estimate of drug-likeness (QED) is 0.252. The normalized spacial score (nSPS) is 21.4. The van der Waals surface area contributed by atoms with E-state index in [9.17, 15) is 28.8 Å². The van der Waals surface area contributed by atoms with Gasteiger partial charge in [0.25, 0.3) is 5.91 Å². The third-order valence-electron chi connectivity index (χ3n) is 8.34. The molecule has 13 nitrogen and oxygen atoms in total. The molecule has 0 aliphatic carbocycles. The molecule has 3 aromatic rings. The zero-order valence-electron chi connectivity index (χ0n) is 29.3. The fourth-order valence-corrected chi connectivity index (χ4v) is 5.49. The van der Waals surface area contributed by atoms with Crippen LogP contribution in [0.1, 0.15) is 49.5 Å². The van der Waals surface area contributed by atoms with Gasteiger partial charge in [0.15, 0.2) is 0 Å². The highest BCUT2D eigenvalue weighted by molar-refractivity contribution is 5.99. The standard InChI is InChI=1S/C38H46N6O7/c1-24(2)33-37(49)40-25(3)34(46)42-31(21-26-13-7-5-8-14-26)38(50)44(4)23-32(45)39-20-12-19-30(36(48)43-33)41-35(47)27-15-11-18-29(22-27)51-28-16-9-6-10-17-28/h5-11,13-18,22,24-25,30-31,33H,12,19-21,23H2,1-4H3,(H,39,45)(H,40,49)(H,41,47)(H,42,46)(H,43,48)/t25-,30+,31+,33-/m1/s1. The van der Waals surface area contributed by atoms with Crippen LogP contribution in [-0.4, -0.2) is 84.6 Å². The van der Waals surface area contributed by atoms with Gasteiger partial charge < -0.3 is 36.2 Å². The van der Waals surface area contributed by atoms with Crippen molar-refractivity contribution in [1.82, 2.24) is 31.5 Å². The molecule has 1 aliphatic rings. The first-order valence-corrected chi connectivity index (χ1v) is 17.0. The molecule has 1 aliphatic heterocycles. The summed E-state index contributed by atoms with van der Waals surface area (Å²) in [5.41, 5.74) is 1.05. The zero-order valence-corrected chi connectivity index (χ0v) is 29.3. The van der Waals surface area contributed by atoms with E-state index in [4.69, 9.17) is 4.74 Å². The molecule has 0 aromatic heterocycles. The van der Waals surface area contributed by atoms with E-state index in [0.29, 0.717) is 17.9 Å². The van der Waals surface area contributed by atoms with E-state index < -0.39 is 65.5 Å². The van der Waals surface area contributed by atoms with Crippen LogP contribution in [0.25, 0.3) is 0 Å². The van der Waals surface area contributed by atoms with Crippen molar-refractivity contribution in [2.45, 2.75) is 64.2 Å². The number of nitrogens with zero attached hydrogens (tertiary/aromatic N) is 1. The van der Waals surface area contributed by atoms with Crippen molar-refractivity contribution in [3.05, 3.63) is 96.1 Å². The van der Waals surface area contributed by atoms with Crippen LogP contribution in [0.5, 0.6) is 11.5 Å². The number of likely N-dealkylation sites (N-methyl/N-ethyl adjacent to an activating group) is 1. The second kappa shape index (κ2) is 18.3. The van der Waals surface area contributed by atoms with Crippen molar-refractivity contribution >= 4 is 35.4 Å². The molecule has 13 heteroatoms. The van der Waals surface area contributed by atoms with Gasteiger partial charge in [-0.2, -0.15) is 0 Å². The number of hydrogen-bond acceptors (Lipinski definition) is 7. The predicted octanol–water partition coefficient (Wildman–Crippen LogP) is 2.32. The molecule has 270 valence electrons. The van der Waals surface area contributed by atoms with Crippen LogP contribution in [0.4, 0.5) is 0 Å². The smallest absolute Gasteiger partial charge is 0.252 e. The van der Waals surface area contributed by atoms with Crippen molar-refractivity contribution < 1.29 is 33.5 Å². The van der Waals surface area contributed by atoms with Crippen molar-refractivity contribution in [3.8, 4) is 11.5 Å². The Kier molecular flexibility index (Phi) is 13.7. The lowest BCUT2D eigenvalue weighted by atomic mass is 10.0. The van der Waals surface area contributed by atoms with E-state index in [2.05, 4.69) is 26.6 Å². The lowest BCUT2D eigenvalue weighted by molar-refractivity contribution is -0.139. The van der Waals surface area contributed by atoms with Crippen molar-refractivity contribution in [3.63, 3.8) is 0 Å². The summed E-state index contributed by atoms with van der Waals surface area (Å²) in [6, 6.07) is 20.5. The summed E-state index contributed by atoms with van der Waals surface area (Å²) in [7, 11) is 1.47. The van der Waals surface area contributed by atoms with Crippen molar-refractivity contribution in [2.75, 3.05) is 20.1 Å². The Labute approximate surface area is 297 Å². The van der Waals surface area contributed by atoms with E-state index in [0.717, 1.165) is 5.56 Å². The molecule has 0 spiro atoms. The Morgan fingerprint density at radius 1 is 0.843 bits per heavy atom. The molecule has 4 atom stereocenters. The second-order valence-corrected chi connectivity index (χ2v) is 12.9. The Bertz CT molecular complexity index is 1680. The van der Waals surface area contributed by atoms with Crippen LogP contribution in [0.15, 0.2) is 84.9 Å². The monoisotopic (exact) mass is 698 g/mol. The molecule has 0 radical (unpaired) electrons. The molecule has 51 heavy (non-hydrogen) atoms. The maximum absolute atomic E-state index is 13.7. The summed E-state index contributed by atoms with van der Waals surface area (Å²) >= 11 is 0. The molecular formula is C38H46N6O7. The molecule has 0 unspecified atom stereocenters. The second-order valence-electron chi connectivity index (χ2n) is 12.9. The predicted molar refractivity (Wildman–Crippen MR) is 191 cm³/mol.